The van der Waals surface area contributed by atoms with Crippen molar-refractivity contribution in [3.05, 3.63) is 47.5 Å². The fraction of sp³-hybridized carbons (Fsp3) is 0.312. The first-order valence-electron chi connectivity index (χ1n) is 6.31. The minimum absolute atomic E-state index is 0.219. The van der Waals surface area contributed by atoms with Gasteiger partial charge in [-0.15, -0.1) is 11.6 Å². The number of hydrogen-bond acceptors (Lipinski definition) is 1. The number of ketones is 1. The molecule has 1 nitrogen and oxygen atoms in total. The van der Waals surface area contributed by atoms with Crippen LogP contribution in [0.5, 0.6) is 0 Å². The number of Topliss-reactive ketones (excluding diaryl/α,β-unsaturated/α-hetero) is 1. The van der Waals surface area contributed by atoms with Crippen molar-refractivity contribution in [2.75, 3.05) is 5.88 Å². The lowest BCUT2D eigenvalue weighted by Crippen LogP contribution is -2.00. The highest BCUT2D eigenvalue weighted by Crippen LogP contribution is 2.23. The van der Waals surface area contributed by atoms with Gasteiger partial charge in [-0.1, -0.05) is 36.4 Å². The second-order valence-electron chi connectivity index (χ2n) is 4.54. The van der Waals surface area contributed by atoms with Gasteiger partial charge < -0.3 is 0 Å². The van der Waals surface area contributed by atoms with Crippen LogP contribution in [0.3, 0.4) is 0 Å². The minimum Gasteiger partial charge on any atom is -0.294 e. The third-order valence-electron chi connectivity index (χ3n) is 3.23. The van der Waals surface area contributed by atoms with Gasteiger partial charge in [-0.05, 0) is 36.1 Å². The molecule has 0 fully saturated rings. The Morgan fingerprint density at radius 1 is 1.06 bits per heavy atom. The SMILES string of the molecule is Cc1ccc(C(=O)CCCCCl)c2ccccc12. The lowest BCUT2D eigenvalue weighted by molar-refractivity contribution is 0.0981. The van der Waals surface area contributed by atoms with Gasteiger partial charge in [0.1, 0.15) is 0 Å². The van der Waals surface area contributed by atoms with Crippen molar-refractivity contribution in [2.24, 2.45) is 0 Å². The van der Waals surface area contributed by atoms with Crippen LogP contribution in [0, 0.1) is 6.92 Å². The Kier molecular flexibility index (Phi) is 4.38. The molecule has 0 aromatic heterocycles. The number of unbranched alkanes of at least 4 members (excludes halogenated alkanes) is 1. The molecular weight excluding hydrogens is 244 g/mol. The Balaban J connectivity index is 2.33. The van der Waals surface area contributed by atoms with E-state index in [-0.39, 0.29) is 5.78 Å². The molecule has 0 aliphatic carbocycles. The molecule has 0 saturated heterocycles. The number of alkyl halides is 1. The molecule has 0 radical (unpaired) electrons. The van der Waals surface area contributed by atoms with Crippen molar-refractivity contribution in [1.82, 2.24) is 0 Å². The normalized spacial score (nSPS) is 10.8. The highest BCUT2D eigenvalue weighted by molar-refractivity contribution is 6.17. The maximum absolute atomic E-state index is 12.2. The first kappa shape index (κ1) is 13.1. The van der Waals surface area contributed by atoms with Crippen LogP contribution in [-0.4, -0.2) is 11.7 Å². The van der Waals surface area contributed by atoms with Gasteiger partial charge in [0.15, 0.2) is 5.78 Å². The van der Waals surface area contributed by atoms with Crippen molar-refractivity contribution in [1.29, 1.82) is 0 Å². The standard InChI is InChI=1S/C16H17ClO/c1-12-9-10-15(16(18)8-4-5-11-17)14-7-3-2-6-13(12)14/h2-3,6-7,9-10H,4-5,8,11H2,1H3. The summed E-state index contributed by atoms with van der Waals surface area (Å²) in [6, 6.07) is 12.1. The van der Waals surface area contributed by atoms with Gasteiger partial charge in [-0.25, -0.2) is 0 Å². The van der Waals surface area contributed by atoms with E-state index < -0.39 is 0 Å². The molecule has 18 heavy (non-hydrogen) atoms. The van der Waals surface area contributed by atoms with Gasteiger partial charge >= 0.3 is 0 Å². The molecule has 0 aliphatic heterocycles. The van der Waals surface area contributed by atoms with Crippen LogP contribution >= 0.6 is 11.6 Å². The van der Waals surface area contributed by atoms with Gasteiger partial charge in [0.25, 0.3) is 0 Å². The van der Waals surface area contributed by atoms with Gasteiger partial charge in [0.05, 0.1) is 0 Å². The van der Waals surface area contributed by atoms with E-state index in [0.29, 0.717) is 12.3 Å². The van der Waals surface area contributed by atoms with Crippen LogP contribution in [0.15, 0.2) is 36.4 Å². The van der Waals surface area contributed by atoms with Crippen LogP contribution in [0.1, 0.15) is 35.2 Å². The average Bonchev–Trinajstić information content (AvgIpc) is 2.39. The molecule has 0 atom stereocenters. The van der Waals surface area contributed by atoms with E-state index >= 15 is 0 Å². The van der Waals surface area contributed by atoms with E-state index in [1.165, 1.54) is 10.9 Å². The zero-order valence-electron chi connectivity index (χ0n) is 10.6. The number of carbonyl (C=O) groups is 1. The van der Waals surface area contributed by atoms with Crippen molar-refractivity contribution in [2.45, 2.75) is 26.2 Å². The zero-order chi connectivity index (χ0) is 13.0. The predicted octanol–water partition coefficient (Wildman–Crippen LogP) is 4.74. The largest absolute Gasteiger partial charge is 0.294 e. The Morgan fingerprint density at radius 2 is 1.78 bits per heavy atom. The molecule has 0 amide bonds. The smallest absolute Gasteiger partial charge is 0.163 e. The number of carbonyl (C=O) groups excluding carboxylic acids is 1. The van der Waals surface area contributed by atoms with Crippen LogP contribution < -0.4 is 0 Å². The van der Waals surface area contributed by atoms with Crippen molar-refractivity contribution in [3.8, 4) is 0 Å². The first-order valence-corrected chi connectivity index (χ1v) is 6.85. The summed E-state index contributed by atoms with van der Waals surface area (Å²) in [5.74, 6) is 0.846. The number of aryl methyl sites for hydroxylation is 1. The van der Waals surface area contributed by atoms with Crippen LogP contribution in [0.25, 0.3) is 10.8 Å². The molecule has 0 unspecified atom stereocenters. The Bertz CT molecular complexity index is 560. The molecule has 2 aromatic rings. The van der Waals surface area contributed by atoms with Crippen molar-refractivity contribution in [3.63, 3.8) is 0 Å². The zero-order valence-corrected chi connectivity index (χ0v) is 11.3. The monoisotopic (exact) mass is 260 g/mol. The molecule has 0 saturated carbocycles. The van der Waals surface area contributed by atoms with E-state index in [0.717, 1.165) is 23.8 Å². The molecule has 0 aliphatic rings. The number of rotatable bonds is 5. The molecule has 2 heteroatoms. The number of halogens is 1. The van der Waals surface area contributed by atoms with E-state index in [4.69, 9.17) is 11.6 Å². The fourth-order valence-corrected chi connectivity index (χ4v) is 2.40. The van der Waals surface area contributed by atoms with Crippen LogP contribution in [0.4, 0.5) is 0 Å². The lowest BCUT2D eigenvalue weighted by atomic mass is 9.96. The molecule has 0 heterocycles. The third kappa shape index (κ3) is 2.73. The minimum atomic E-state index is 0.219. The molecule has 0 bridgehead atoms. The highest BCUT2D eigenvalue weighted by Gasteiger charge is 2.10. The second-order valence-corrected chi connectivity index (χ2v) is 4.92. The number of hydrogen-bond donors (Lipinski definition) is 0. The summed E-state index contributed by atoms with van der Waals surface area (Å²) in [6.45, 7) is 2.07. The Hall–Kier alpha value is -1.34. The van der Waals surface area contributed by atoms with Gasteiger partial charge in [-0.2, -0.15) is 0 Å². The third-order valence-corrected chi connectivity index (χ3v) is 3.50. The molecule has 2 aromatic carbocycles. The summed E-state index contributed by atoms with van der Waals surface area (Å²) in [5, 5.41) is 2.23. The molecular formula is C16H17ClO. The topological polar surface area (TPSA) is 17.1 Å². The summed E-state index contributed by atoms with van der Waals surface area (Å²) in [7, 11) is 0. The van der Waals surface area contributed by atoms with Gasteiger partial charge in [-0.3, -0.25) is 4.79 Å². The Morgan fingerprint density at radius 3 is 2.50 bits per heavy atom. The summed E-state index contributed by atoms with van der Waals surface area (Å²) in [5.41, 5.74) is 2.05. The number of benzene rings is 2. The van der Waals surface area contributed by atoms with Gasteiger partial charge in [0, 0.05) is 17.9 Å². The van der Waals surface area contributed by atoms with Crippen molar-refractivity contribution < 1.29 is 4.79 Å². The van der Waals surface area contributed by atoms with E-state index in [1.807, 2.05) is 30.3 Å². The summed E-state index contributed by atoms with van der Waals surface area (Å²) in [6.07, 6.45) is 2.35. The molecule has 2 rings (SSSR count). The average molecular weight is 261 g/mol. The highest BCUT2D eigenvalue weighted by atomic mass is 35.5. The Labute approximate surface area is 113 Å². The van der Waals surface area contributed by atoms with E-state index in [1.54, 1.807) is 0 Å². The van der Waals surface area contributed by atoms with Crippen LogP contribution in [0.2, 0.25) is 0 Å². The maximum Gasteiger partial charge on any atom is 0.163 e. The van der Waals surface area contributed by atoms with Crippen LogP contribution in [-0.2, 0) is 0 Å². The summed E-state index contributed by atoms with van der Waals surface area (Å²) >= 11 is 5.64. The van der Waals surface area contributed by atoms with Crippen molar-refractivity contribution >= 4 is 28.2 Å². The predicted molar refractivity (Wildman–Crippen MR) is 77.6 cm³/mol. The van der Waals surface area contributed by atoms with Gasteiger partial charge in [0.2, 0.25) is 0 Å². The molecule has 0 N–H and O–H groups in total. The molecule has 0 spiro atoms. The second kappa shape index (κ2) is 6.01. The number of fused-ring (bicyclic) bond motifs is 1. The molecule has 94 valence electrons. The summed E-state index contributed by atoms with van der Waals surface area (Å²) in [4.78, 5) is 12.2. The first-order chi connectivity index (χ1) is 8.74. The lowest BCUT2D eigenvalue weighted by Gasteiger charge is -2.08. The van der Waals surface area contributed by atoms with E-state index in [2.05, 4.69) is 13.0 Å². The maximum atomic E-state index is 12.2. The van der Waals surface area contributed by atoms with E-state index in [9.17, 15) is 4.79 Å². The fourth-order valence-electron chi connectivity index (χ4n) is 2.21. The summed E-state index contributed by atoms with van der Waals surface area (Å²) < 4.78 is 0. The quantitative estimate of drug-likeness (QED) is 0.431.